The van der Waals surface area contributed by atoms with Gasteiger partial charge >= 0.3 is 0 Å². The van der Waals surface area contributed by atoms with Gasteiger partial charge in [-0.25, -0.2) is 0 Å². The van der Waals surface area contributed by atoms with Gasteiger partial charge in [0.2, 0.25) is 11.8 Å². The van der Waals surface area contributed by atoms with Crippen molar-refractivity contribution in [3.05, 3.63) is 48.0 Å². The molecular weight excluding hydrogens is 416 g/mol. The van der Waals surface area contributed by atoms with Crippen molar-refractivity contribution in [3.8, 4) is 11.1 Å². The Morgan fingerprint density at radius 3 is 2.18 bits per heavy atom. The first-order chi connectivity index (χ1) is 16.0. The van der Waals surface area contributed by atoms with Crippen molar-refractivity contribution in [2.75, 3.05) is 29.4 Å². The summed E-state index contributed by atoms with van der Waals surface area (Å²) in [6.07, 6.45) is 3.78. The summed E-state index contributed by atoms with van der Waals surface area (Å²) >= 11 is 0. The molecule has 1 heterocycles. The highest BCUT2D eigenvalue weighted by atomic mass is 16.2. The van der Waals surface area contributed by atoms with Gasteiger partial charge in [0.1, 0.15) is 0 Å². The van der Waals surface area contributed by atoms with E-state index < -0.39 is 0 Å². The van der Waals surface area contributed by atoms with E-state index in [4.69, 9.17) is 5.73 Å². The standard InChI is InChI=1S/C26H30N4O3/c1-16-15-29(25(32)19-6-7-19)23-14-21(10-11-22(23)30(16)26(33)20-8-9-20)17-2-4-18(5-3-17)24(31)28-13-12-27/h2-5,10-11,14,16,19-20H,6-9,12-13,15,27H2,1H3,(H,28,31). The Hall–Kier alpha value is -3.19. The van der Waals surface area contributed by atoms with E-state index in [-0.39, 0.29) is 35.6 Å². The number of fused-ring (bicyclic) bond motifs is 1. The first-order valence-corrected chi connectivity index (χ1v) is 11.8. The van der Waals surface area contributed by atoms with E-state index in [1.807, 2.05) is 47.1 Å². The molecule has 7 heteroatoms. The highest BCUT2D eigenvalue weighted by molar-refractivity contribution is 6.07. The molecule has 0 spiro atoms. The minimum absolute atomic E-state index is 0.0505. The van der Waals surface area contributed by atoms with Crippen LogP contribution >= 0.6 is 0 Å². The molecule has 7 nitrogen and oxygen atoms in total. The number of hydrogen-bond donors (Lipinski definition) is 2. The van der Waals surface area contributed by atoms with Crippen LogP contribution in [0.5, 0.6) is 0 Å². The number of nitrogens with two attached hydrogens (primary N) is 1. The number of anilines is 2. The maximum Gasteiger partial charge on any atom is 0.251 e. The first-order valence-electron chi connectivity index (χ1n) is 11.8. The minimum Gasteiger partial charge on any atom is -0.351 e. The smallest absolute Gasteiger partial charge is 0.251 e. The molecule has 3 N–H and O–H groups in total. The molecule has 1 unspecified atom stereocenters. The summed E-state index contributed by atoms with van der Waals surface area (Å²) in [5.41, 5.74) is 9.56. The maximum atomic E-state index is 13.1. The number of carbonyl (C=O) groups is 3. The molecule has 1 aliphatic heterocycles. The number of rotatable bonds is 6. The van der Waals surface area contributed by atoms with Crippen LogP contribution < -0.4 is 20.9 Å². The fourth-order valence-corrected chi connectivity index (χ4v) is 4.53. The molecule has 2 aromatic rings. The second kappa shape index (κ2) is 8.63. The third kappa shape index (κ3) is 4.25. The Balaban J connectivity index is 1.48. The third-order valence-corrected chi connectivity index (χ3v) is 6.68. The van der Waals surface area contributed by atoms with Gasteiger partial charge in [0.15, 0.2) is 0 Å². The monoisotopic (exact) mass is 446 g/mol. The number of amides is 3. The van der Waals surface area contributed by atoms with E-state index in [0.29, 0.717) is 25.2 Å². The van der Waals surface area contributed by atoms with Crippen LogP contribution in [-0.2, 0) is 9.59 Å². The molecule has 1 atom stereocenters. The van der Waals surface area contributed by atoms with E-state index in [0.717, 1.165) is 48.2 Å². The average molecular weight is 447 g/mol. The third-order valence-electron chi connectivity index (χ3n) is 6.68. The molecule has 2 saturated carbocycles. The van der Waals surface area contributed by atoms with E-state index in [1.54, 1.807) is 12.1 Å². The molecule has 3 amide bonds. The van der Waals surface area contributed by atoms with Crippen molar-refractivity contribution in [2.24, 2.45) is 17.6 Å². The van der Waals surface area contributed by atoms with Crippen LogP contribution in [0, 0.1) is 11.8 Å². The Morgan fingerprint density at radius 2 is 1.55 bits per heavy atom. The lowest BCUT2D eigenvalue weighted by molar-refractivity contribution is -0.122. The molecular formula is C26H30N4O3. The van der Waals surface area contributed by atoms with Gasteiger partial charge in [0.25, 0.3) is 5.91 Å². The van der Waals surface area contributed by atoms with Gasteiger partial charge in [-0.05, 0) is 68.0 Å². The molecule has 0 bridgehead atoms. The zero-order valence-corrected chi connectivity index (χ0v) is 18.9. The van der Waals surface area contributed by atoms with Crippen LogP contribution in [0.25, 0.3) is 11.1 Å². The molecule has 5 rings (SSSR count). The normalized spacial score (nSPS) is 19.8. The van der Waals surface area contributed by atoms with Crippen LogP contribution in [-0.4, -0.2) is 43.4 Å². The maximum absolute atomic E-state index is 13.1. The zero-order valence-electron chi connectivity index (χ0n) is 18.9. The number of nitrogens with zero attached hydrogens (tertiary/aromatic N) is 2. The SMILES string of the molecule is CC1CN(C(=O)C2CC2)c2cc(-c3ccc(C(=O)NCCN)cc3)ccc2N1C(=O)C1CC1. The second-order valence-electron chi connectivity index (χ2n) is 9.38. The Labute approximate surface area is 193 Å². The van der Waals surface area contributed by atoms with Crippen LogP contribution in [0.1, 0.15) is 43.0 Å². The van der Waals surface area contributed by atoms with Gasteiger partial charge in [0, 0.05) is 37.0 Å². The lowest BCUT2D eigenvalue weighted by atomic mass is 9.99. The summed E-state index contributed by atoms with van der Waals surface area (Å²) in [6, 6.07) is 13.3. The van der Waals surface area contributed by atoms with Crippen molar-refractivity contribution in [3.63, 3.8) is 0 Å². The molecule has 0 saturated heterocycles. The second-order valence-corrected chi connectivity index (χ2v) is 9.38. The molecule has 2 aliphatic carbocycles. The molecule has 2 aromatic carbocycles. The number of nitrogens with one attached hydrogen (secondary N) is 1. The van der Waals surface area contributed by atoms with Crippen LogP contribution in [0.15, 0.2) is 42.5 Å². The quantitative estimate of drug-likeness (QED) is 0.713. The Morgan fingerprint density at radius 1 is 0.909 bits per heavy atom. The predicted octanol–water partition coefficient (Wildman–Crippen LogP) is 2.93. The van der Waals surface area contributed by atoms with E-state index in [9.17, 15) is 14.4 Å². The zero-order chi connectivity index (χ0) is 23.1. The molecule has 0 aromatic heterocycles. The van der Waals surface area contributed by atoms with Gasteiger partial charge < -0.3 is 20.9 Å². The molecule has 2 fully saturated rings. The van der Waals surface area contributed by atoms with Crippen molar-refractivity contribution in [1.29, 1.82) is 0 Å². The summed E-state index contributed by atoms with van der Waals surface area (Å²) in [6.45, 7) is 3.38. The van der Waals surface area contributed by atoms with Gasteiger partial charge in [-0.15, -0.1) is 0 Å². The summed E-state index contributed by atoms with van der Waals surface area (Å²) in [4.78, 5) is 42.1. The Kier molecular flexibility index (Phi) is 5.66. The highest BCUT2D eigenvalue weighted by Crippen LogP contribution is 2.44. The topological polar surface area (TPSA) is 95.7 Å². The van der Waals surface area contributed by atoms with E-state index >= 15 is 0 Å². The van der Waals surface area contributed by atoms with Crippen molar-refractivity contribution < 1.29 is 14.4 Å². The van der Waals surface area contributed by atoms with Crippen molar-refractivity contribution in [1.82, 2.24) is 5.32 Å². The van der Waals surface area contributed by atoms with Gasteiger partial charge in [-0.2, -0.15) is 0 Å². The summed E-state index contributed by atoms with van der Waals surface area (Å²) in [5.74, 6) is 0.393. The molecule has 33 heavy (non-hydrogen) atoms. The fourth-order valence-electron chi connectivity index (χ4n) is 4.53. The fraction of sp³-hybridized carbons (Fsp3) is 0.423. The summed E-state index contributed by atoms with van der Waals surface area (Å²) in [5, 5.41) is 2.77. The Bertz CT molecular complexity index is 1090. The molecule has 3 aliphatic rings. The largest absolute Gasteiger partial charge is 0.351 e. The summed E-state index contributed by atoms with van der Waals surface area (Å²) in [7, 11) is 0. The van der Waals surface area contributed by atoms with Crippen molar-refractivity contribution >= 4 is 29.1 Å². The van der Waals surface area contributed by atoms with Crippen molar-refractivity contribution in [2.45, 2.75) is 38.6 Å². The lowest BCUT2D eigenvalue weighted by Gasteiger charge is -2.41. The number of hydrogen-bond acceptors (Lipinski definition) is 4. The number of carbonyl (C=O) groups excluding carboxylic acids is 3. The first kappa shape index (κ1) is 21.6. The summed E-state index contributed by atoms with van der Waals surface area (Å²) < 4.78 is 0. The van der Waals surface area contributed by atoms with E-state index in [2.05, 4.69) is 5.32 Å². The van der Waals surface area contributed by atoms with Crippen LogP contribution in [0.3, 0.4) is 0 Å². The van der Waals surface area contributed by atoms with Gasteiger partial charge in [-0.1, -0.05) is 18.2 Å². The van der Waals surface area contributed by atoms with Gasteiger partial charge in [0.05, 0.1) is 17.4 Å². The minimum atomic E-state index is -0.151. The van der Waals surface area contributed by atoms with E-state index in [1.165, 1.54) is 0 Å². The molecule has 0 radical (unpaired) electrons. The highest BCUT2D eigenvalue weighted by Gasteiger charge is 2.43. The molecule has 172 valence electrons. The van der Waals surface area contributed by atoms with Crippen LogP contribution in [0.2, 0.25) is 0 Å². The van der Waals surface area contributed by atoms with Gasteiger partial charge in [-0.3, -0.25) is 14.4 Å². The lowest BCUT2D eigenvalue weighted by Crippen LogP contribution is -2.52. The number of benzene rings is 2. The average Bonchev–Trinajstić information content (AvgIpc) is 3.73. The van der Waals surface area contributed by atoms with Crippen LogP contribution in [0.4, 0.5) is 11.4 Å². The predicted molar refractivity (Wildman–Crippen MR) is 128 cm³/mol.